The number of sulfonamides is 2. The van der Waals surface area contributed by atoms with Gasteiger partial charge in [-0.15, -0.1) is 0 Å². The molecule has 0 atom stereocenters. The fourth-order valence-corrected chi connectivity index (χ4v) is 4.66. The van der Waals surface area contributed by atoms with Crippen molar-refractivity contribution < 1.29 is 30.0 Å². The van der Waals surface area contributed by atoms with Crippen LogP contribution in [-0.2, 0) is 26.2 Å². The monoisotopic (exact) mass is 331 g/mol. The molecule has 1 aromatic rings. The Hall–Kier alpha value is -1.29. The lowest BCUT2D eigenvalue weighted by atomic mass is 10.1. The molecule has 0 bridgehead atoms. The summed E-state index contributed by atoms with van der Waals surface area (Å²) in [6.45, 7) is 1.32. The van der Waals surface area contributed by atoms with Crippen LogP contribution in [0, 0.1) is 6.92 Å². The number of alkyl halides is 3. The molecule has 1 rings (SSSR count). The third kappa shape index (κ3) is 3.63. The minimum atomic E-state index is -4.71. The molecule has 0 heterocycles. The second-order valence-electron chi connectivity index (χ2n) is 4.22. The Morgan fingerprint density at radius 1 is 1.00 bits per heavy atom. The SMILES string of the molecule is Cc1ccc(C(F)(F)F)cc1N(S(C)(=O)=O)S(C)(=O)=O. The summed E-state index contributed by atoms with van der Waals surface area (Å²) in [5.74, 6) is 0. The summed E-state index contributed by atoms with van der Waals surface area (Å²) in [4.78, 5) is 0. The number of hydrogen-bond donors (Lipinski definition) is 0. The number of aryl methyl sites for hydroxylation is 1. The summed E-state index contributed by atoms with van der Waals surface area (Å²) in [7, 11) is -8.56. The van der Waals surface area contributed by atoms with Crippen LogP contribution in [0.4, 0.5) is 18.9 Å². The summed E-state index contributed by atoms with van der Waals surface area (Å²) in [6.07, 6.45) is -3.50. The van der Waals surface area contributed by atoms with Crippen molar-refractivity contribution in [3.05, 3.63) is 29.3 Å². The lowest BCUT2D eigenvalue weighted by molar-refractivity contribution is -0.137. The minimum Gasteiger partial charge on any atom is -0.206 e. The summed E-state index contributed by atoms with van der Waals surface area (Å²) < 4.78 is 84.1. The van der Waals surface area contributed by atoms with Gasteiger partial charge in [0, 0.05) is 0 Å². The fourth-order valence-electron chi connectivity index (χ4n) is 1.59. The average molecular weight is 331 g/mol. The second-order valence-corrected chi connectivity index (χ2v) is 8.12. The van der Waals surface area contributed by atoms with Crippen LogP contribution in [0.15, 0.2) is 18.2 Å². The zero-order valence-corrected chi connectivity index (χ0v) is 12.4. The molecule has 10 heteroatoms. The minimum absolute atomic E-state index is 0.00935. The average Bonchev–Trinajstić information content (AvgIpc) is 2.15. The molecule has 0 amide bonds. The first-order valence-electron chi connectivity index (χ1n) is 5.13. The van der Waals surface area contributed by atoms with E-state index in [-0.39, 0.29) is 9.27 Å². The summed E-state index contributed by atoms with van der Waals surface area (Å²) in [5, 5.41) is 0. The van der Waals surface area contributed by atoms with Crippen LogP contribution < -0.4 is 3.71 Å². The van der Waals surface area contributed by atoms with Crippen LogP contribution in [0.3, 0.4) is 0 Å². The zero-order chi connectivity index (χ0) is 15.9. The van der Waals surface area contributed by atoms with Crippen molar-refractivity contribution in [3.8, 4) is 0 Å². The van der Waals surface area contributed by atoms with Crippen molar-refractivity contribution in [3.63, 3.8) is 0 Å². The van der Waals surface area contributed by atoms with E-state index >= 15 is 0 Å². The lowest BCUT2D eigenvalue weighted by Gasteiger charge is -2.22. The Kier molecular flexibility index (Phi) is 4.12. The molecule has 0 saturated carbocycles. The van der Waals surface area contributed by atoms with Crippen molar-refractivity contribution >= 4 is 25.7 Å². The predicted molar refractivity (Wildman–Crippen MR) is 68.3 cm³/mol. The number of rotatable bonds is 3. The summed E-state index contributed by atoms with van der Waals surface area (Å²) >= 11 is 0. The van der Waals surface area contributed by atoms with E-state index < -0.39 is 37.5 Å². The van der Waals surface area contributed by atoms with Crippen molar-refractivity contribution in [2.75, 3.05) is 16.2 Å². The molecule has 0 aliphatic rings. The Morgan fingerprint density at radius 2 is 1.45 bits per heavy atom. The Morgan fingerprint density at radius 3 is 1.80 bits per heavy atom. The first-order chi connectivity index (χ1) is 8.74. The maximum atomic E-state index is 12.6. The highest BCUT2D eigenvalue weighted by molar-refractivity contribution is 8.09. The van der Waals surface area contributed by atoms with Crippen LogP contribution in [-0.4, -0.2) is 29.3 Å². The van der Waals surface area contributed by atoms with Crippen molar-refractivity contribution in [2.24, 2.45) is 0 Å². The standard InChI is InChI=1S/C10H12F3NO4S2/c1-7-4-5-8(10(11,12)13)6-9(7)14(19(2,15)16)20(3,17)18/h4-6H,1-3H3. The second kappa shape index (κ2) is 4.92. The van der Waals surface area contributed by atoms with E-state index in [4.69, 9.17) is 0 Å². The first-order valence-corrected chi connectivity index (χ1v) is 8.82. The molecule has 0 fully saturated rings. The van der Waals surface area contributed by atoms with Crippen LogP contribution in [0.5, 0.6) is 0 Å². The molecular formula is C10H12F3NO4S2. The molecule has 0 aliphatic carbocycles. The molecular weight excluding hydrogens is 319 g/mol. The third-order valence-electron chi connectivity index (χ3n) is 2.34. The van der Waals surface area contributed by atoms with Crippen molar-refractivity contribution in [2.45, 2.75) is 13.1 Å². The Bertz CT molecular complexity index is 691. The maximum absolute atomic E-state index is 12.6. The third-order valence-corrected chi connectivity index (χ3v) is 5.56. The van der Waals surface area contributed by atoms with Gasteiger partial charge in [0.2, 0.25) is 20.0 Å². The lowest BCUT2D eigenvalue weighted by Crippen LogP contribution is -2.36. The quantitative estimate of drug-likeness (QED) is 0.846. The van der Waals surface area contributed by atoms with Gasteiger partial charge in [-0.25, -0.2) is 16.8 Å². The molecule has 0 spiro atoms. The predicted octanol–water partition coefficient (Wildman–Crippen LogP) is 1.74. The molecule has 0 aliphatic heterocycles. The van der Waals surface area contributed by atoms with Gasteiger partial charge in [-0.1, -0.05) is 6.07 Å². The van der Waals surface area contributed by atoms with E-state index in [0.717, 1.165) is 12.1 Å². The van der Waals surface area contributed by atoms with Gasteiger partial charge in [-0.05, 0) is 24.6 Å². The van der Waals surface area contributed by atoms with E-state index in [2.05, 4.69) is 0 Å². The van der Waals surface area contributed by atoms with Gasteiger partial charge in [0.25, 0.3) is 0 Å². The van der Waals surface area contributed by atoms with Crippen LogP contribution >= 0.6 is 0 Å². The maximum Gasteiger partial charge on any atom is 0.416 e. The van der Waals surface area contributed by atoms with E-state index in [1.165, 1.54) is 6.92 Å². The van der Waals surface area contributed by atoms with Gasteiger partial charge in [0.1, 0.15) is 0 Å². The van der Waals surface area contributed by atoms with Crippen LogP contribution in [0.25, 0.3) is 0 Å². The molecule has 0 radical (unpaired) electrons. The van der Waals surface area contributed by atoms with E-state index in [1.807, 2.05) is 0 Å². The van der Waals surface area contributed by atoms with Gasteiger partial charge >= 0.3 is 6.18 Å². The highest BCUT2D eigenvalue weighted by Crippen LogP contribution is 2.34. The number of nitrogens with zero attached hydrogens (tertiary/aromatic N) is 1. The normalized spacial score (nSPS) is 13.3. The van der Waals surface area contributed by atoms with Gasteiger partial charge in [0.05, 0.1) is 23.8 Å². The highest BCUT2D eigenvalue weighted by Gasteiger charge is 2.34. The highest BCUT2D eigenvalue weighted by atomic mass is 32.3. The van der Waals surface area contributed by atoms with Crippen molar-refractivity contribution in [1.82, 2.24) is 0 Å². The molecule has 0 saturated heterocycles. The smallest absolute Gasteiger partial charge is 0.206 e. The van der Waals surface area contributed by atoms with Gasteiger partial charge < -0.3 is 0 Å². The number of hydrogen-bond acceptors (Lipinski definition) is 4. The van der Waals surface area contributed by atoms with Gasteiger partial charge in [0.15, 0.2) is 0 Å². The van der Waals surface area contributed by atoms with Crippen LogP contribution in [0.1, 0.15) is 11.1 Å². The Labute approximate surface area is 115 Å². The molecule has 0 N–H and O–H groups in total. The van der Waals surface area contributed by atoms with Crippen molar-refractivity contribution in [1.29, 1.82) is 0 Å². The molecule has 0 aromatic heterocycles. The Balaban J connectivity index is 3.67. The molecule has 1 aromatic carbocycles. The van der Waals surface area contributed by atoms with Gasteiger partial charge in [-0.2, -0.15) is 16.9 Å². The molecule has 114 valence electrons. The van der Waals surface area contributed by atoms with Gasteiger partial charge in [-0.3, -0.25) is 0 Å². The molecule has 20 heavy (non-hydrogen) atoms. The largest absolute Gasteiger partial charge is 0.416 e. The topological polar surface area (TPSA) is 71.5 Å². The first kappa shape index (κ1) is 16.8. The number of halogens is 3. The number of benzene rings is 1. The number of anilines is 1. The summed E-state index contributed by atoms with van der Waals surface area (Å²) in [5.41, 5.74) is -1.57. The van der Waals surface area contributed by atoms with E-state index in [1.54, 1.807) is 0 Å². The zero-order valence-electron chi connectivity index (χ0n) is 10.8. The molecule has 0 unspecified atom stereocenters. The summed E-state index contributed by atoms with van der Waals surface area (Å²) in [6, 6.07) is 2.26. The molecule has 5 nitrogen and oxygen atoms in total. The van der Waals surface area contributed by atoms with Crippen LogP contribution in [0.2, 0.25) is 0 Å². The van der Waals surface area contributed by atoms with E-state index in [0.29, 0.717) is 18.6 Å². The fraction of sp³-hybridized carbons (Fsp3) is 0.400. The van der Waals surface area contributed by atoms with E-state index in [9.17, 15) is 30.0 Å².